The second kappa shape index (κ2) is 11.6. The zero-order valence-electron chi connectivity index (χ0n) is 14.8. The van der Waals surface area contributed by atoms with Crippen molar-refractivity contribution in [2.24, 2.45) is 4.99 Å². The Labute approximate surface area is 173 Å². The van der Waals surface area contributed by atoms with Gasteiger partial charge in [-0.3, -0.25) is 9.98 Å². The van der Waals surface area contributed by atoms with E-state index in [0.29, 0.717) is 25.5 Å². The molecule has 0 aliphatic rings. The van der Waals surface area contributed by atoms with Crippen LogP contribution in [0.4, 0.5) is 13.2 Å². The van der Waals surface area contributed by atoms with Gasteiger partial charge >= 0.3 is 6.36 Å². The SMILES string of the molecule is CN=C(NCCc1ccc(OC(F)(F)F)cc1)NCCc1ccccn1.I. The minimum Gasteiger partial charge on any atom is -0.406 e. The molecule has 0 spiro atoms. The smallest absolute Gasteiger partial charge is 0.406 e. The maximum Gasteiger partial charge on any atom is 0.573 e. The number of nitrogens with one attached hydrogen (secondary N) is 2. The summed E-state index contributed by atoms with van der Waals surface area (Å²) in [6.07, 6.45) is -1.49. The molecule has 0 aliphatic heterocycles. The summed E-state index contributed by atoms with van der Waals surface area (Å²) in [5, 5.41) is 6.36. The van der Waals surface area contributed by atoms with Crippen molar-refractivity contribution >= 4 is 29.9 Å². The van der Waals surface area contributed by atoms with Crippen LogP contribution in [0.2, 0.25) is 0 Å². The number of alkyl halides is 3. The lowest BCUT2D eigenvalue weighted by molar-refractivity contribution is -0.274. The molecule has 2 N–H and O–H groups in total. The lowest BCUT2D eigenvalue weighted by Crippen LogP contribution is -2.39. The standard InChI is InChI=1S/C18H21F3N4O.HI/c1-22-17(25-13-10-15-4-2-3-11-23-15)24-12-9-14-5-7-16(8-6-14)26-18(19,20)21;/h2-8,11H,9-10,12-13H2,1H3,(H2,22,24,25);1H. The summed E-state index contributed by atoms with van der Waals surface area (Å²) in [5.41, 5.74) is 1.90. The molecule has 148 valence electrons. The Bertz CT molecular complexity index is 694. The number of halogens is 4. The van der Waals surface area contributed by atoms with E-state index in [2.05, 4.69) is 25.3 Å². The van der Waals surface area contributed by atoms with Gasteiger partial charge in [0.2, 0.25) is 0 Å². The molecule has 2 rings (SSSR count). The Morgan fingerprint density at radius 1 is 1.04 bits per heavy atom. The Morgan fingerprint density at radius 3 is 2.26 bits per heavy atom. The van der Waals surface area contributed by atoms with Crippen molar-refractivity contribution in [3.8, 4) is 5.75 Å². The number of hydrogen-bond donors (Lipinski definition) is 2. The van der Waals surface area contributed by atoms with Gasteiger partial charge in [-0.05, 0) is 36.2 Å². The maximum atomic E-state index is 12.1. The van der Waals surface area contributed by atoms with E-state index in [1.807, 2.05) is 18.2 Å². The first-order valence-corrected chi connectivity index (χ1v) is 8.15. The van der Waals surface area contributed by atoms with E-state index in [0.717, 1.165) is 17.7 Å². The van der Waals surface area contributed by atoms with E-state index in [-0.39, 0.29) is 29.7 Å². The summed E-state index contributed by atoms with van der Waals surface area (Å²) in [7, 11) is 1.68. The second-order valence-electron chi connectivity index (χ2n) is 5.44. The maximum absolute atomic E-state index is 12.1. The first-order chi connectivity index (χ1) is 12.5. The fourth-order valence-electron chi connectivity index (χ4n) is 2.26. The van der Waals surface area contributed by atoms with Gasteiger partial charge in [-0.15, -0.1) is 37.1 Å². The number of ether oxygens (including phenoxy) is 1. The second-order valence-corrected chi connectivity index (χ2v) is 5.44. The van der Waals surface area contributed by atoms with Crippen LogP contribution in [0.5, 0.6) is 5.75 Å². The molecule has 0 unspecified atom stereocenters. The minimum absolute atomic E-state index is 0. The summed E-state index contributed by atoms with van der Waals surface area (Å²) < 4.78 is 40.2. The molecule has 27 heavy (non-hydrogen) atoms. The third-order valence-corrected chi connectivity index (χ3v) is 3.49. The van der Waals surface area contributed by atoms with Gasteiger partial charge in [-0.2, -0.15) is 0 Å². The number of rotatable bonds is 7. The predicted molar refractivity (Wildman–Crippen MR) is 110 cm³/mol. The summed E-state index contributed by atoms with van der Waals surface area (Å²) in [6, 6.07) is 11.6. The Hall–Kier alpha value is -2.04. The van der Waals surface area contributed by atoms with E-state index in [9.17, 15) is 13.2 Å². The average molecular weight is 494 g/mol. The zero-order chi connectivity index (χ0) is 18.8. The molecule has 1 heterocycles. The molecule has 0 atom stereocenters. The van der Waals surface area contributed by atoms with Gasteiger partial charge in [0.25, 0.3) is 0 Å². The van der Waals surface area contributed by atoms with Crippen LogP contribution in [0, 0.1) is 0 Å². The molecule has 0 saturated carbocycles. The monoisotopic (exact) mass is 494 g/mol. The van der Waals surface area contributed by atoms with Crippen LogP contribution in [0.3, 0.4) is 0 Å². The fraction of sp³-hybridized carbons (Fsp3) is 0.333. The topological polar surface area (TPSA) is 58.5 Å². The van der Waals surface area contributed by atoms with Crippen LogP contribution in [-0.4, -0.2) is 37.4 Å². The van der Waals surface area contributed by atoms with Gasteiger partial charge < -0.3 is 15.4 Å². The van der Waals surface area contributed by atoms with Crippen molar-refractivity contribution in [1.82, 2.24) is 15.6 Å². The zero-order valence-corrected chi connectivity index (χ0v) is 17.1. The number of benzene rings is 1. The number of aliphatic imine (C=N–C) groups is 1. The number of pyridine rings is 1. The first kappa shape index (κ1) is 23.0. The number of hydrogen-bond acceptors (Lipinski definition) is 3. The highest BCUT2D eigenvalue weighted by Gasteiger charge is 2.30. The molecule has 0 aliphatic carbocycles. The molecule has 9 heteroatoms. The number of guanidine groups is 1. The van der Waals surface area contributed by atoms with Crippen LogP contribution in [0.1, 0.15) is 11.3 Å². The summed E-state index contributed by atoms with van der Waals surface area (Å²) in [6.45, 7) is 1.29. The molecule has 1 aromatic carbocycles. The highest BCUT2D eigenvalue weighted by atomic mass is 127. The van der Waals surface area contributed by atoms with Crippen molar-refractivity contribution in [1.29, 1.82) is 0 Å². The minimum atomic E-state index is -4.67. The van der Waals surface area contributed by atoms with Crippen molar-refractivity contribution in [2.45, 2.75) is 19.2 Å². The first-order valence-electron chi connectivity index (χ1n) is 8.15. The molecule has 1 aromatic heterocycles. The van der Waals surface area contributed by atoms with Crippen LogP contribution in [0.25, 0.3) is 0 Å². The molecule has 2 aromatic rings. The van der Waals surface area contributed by atoms with Crippen molar-refractivity contribution in [3.05, 3.63) is 59.9 Å². The predicted octanol–water partition coefficient (Wildman–Crippen LogP) is 3.55. The van der Waals surface area contributed by atoms with Gasteiger partial charge in [0.1, 0.15) is 5.75 Å². The van der Waals surface area contributed by atoms with Gasteiger partial charge in [0.15, 0.2) is 5.96 Å². The molecule has 0 radical (unpaired) electrons. The van der Waals surface area contributed by atoms with Crippen LogP contribution in [-0.2, 0) is 12.8 Å². The largest absolute Gasteiger partial charge is 0.573 e. The van der Waals surface area contributed by atoms with Crippen molar-refractivity contribution in [2.75, 3.05) is 20.1 Å². The van der Waals surface area contributed by atoms with Gasteiger partial charge in [-0.25, -0.2) is 0 Å². The summed E-state index contributed by atoms with van der Waals surface area (Å²) >= 11 is 0. The van der Waals surface area contributed by atoms with Crippen LogP contribution >= 0.6 is 24.0 Å². The summed E-state index contributed by atoms with van der Waals surface area (Å²) in [4.78, 5) is 8.39. The normalized spacial score (nSPS) is 11.5. The molecule has 0 amide bonds. The number of aromatic nitrogens is 1. The van der Waals surface area contributed by atoms with E-state index in [1.54, 1.807) is 25.4 Å². The molecular formula is C18H22F3IN4O. The molecule has 5 nitrogen and oxygen atoms in total. The van der Waals surface area contributed by atoms with Crippen molar-refractivity contribution in [3.63, 3.8) is 0 Å². The highest BCUT2D eigenvalue weighted by Crippen LogP contribution is 2.22. The fourth-order valence-corrected chi connectivity index (χ4v) is 2.26. The van der Waals surface area contributed by atoms with Crippen molar-refractivity contribution < 1.29 is 17.9 Å². The van der Waals surface area contributed by atoms with Gasteiger partial charge in [0, 0.05) is 38.4 Å². The van der Waals surface area contributed by atoms with Gasteiger partial charge in [0.05, 0.1) is 0 Å². The molecule has 0 fully saturated rings. The lowest BCUT2D eigenvalue weighted by Gasteiger charge is -2.12. The van der Waals surface area contributed by atoms with E-state index in [1.165, 1.54) is 12.1 Å². The van der Waals surface area contributed by atoms with E-state index >= 15 is 0 Å². The van der Waals surface area contributed by atoms with Gasteiger partial charge in [-0.1, -0.05) is 18.2 Å². The van der Waals surface area contributed by atoms with E-state index in [4.69, 9.17) is 0 Å². The molecular weight excluding hydrogens is 472 g/mol. The lowest BCUT2D eigenvalue weighted by atomic mass is 10.1. The highest BCUT2D eigenvalue weighted by molar-refractivity contribution is 14.0. The Morgan fingerprint density at radius 2 is 1.70 bits per heavy atom. The van der Waals surface area contributed by atoms with E-state index < -0.39 is 6.36 Å². The molecule has 0 bridgehead atoms. The Kier molecular flexibility index (Phi) is 9.90. The van der Waals surface area contributed by atoms with Crippen LogP contribution < -0.4 is 15.4 Å². The third-order valence-electron chi connectivity index (χ3n) is 3.49. The summed E-state index contributed by atoms with van der Waals surface area (Å²) in [5.74, 6) is 0.444. The third kappa shape index (κ3) is 9.45. The Balaban J connectivity index is 0.00000364. The van der Waals surface area contributed by atoms with Crippen LogP contribution in [0.15, 0.2) is 53.7 Å². The molecule has 0 saturated heterocycles. The number of nitrogens with zero attached hydrogens (tertiary/aromatic N) is 2. The quantitative estimate of drug-likeness (QED) is 0.352. The average Bonchev–Trinajstić information content (AvgIpc) is 2.61.